The lowest BCUT2D eigenvalue weighted by Gasteiger charge is -2.27. The average Bonchev–Trinajstić information content (AvgIpc) is 2.99. The van der Waals surface area contributed by atoms with Gasteiger partial charge in [0.2, 0.25) is 16.0 Å². The molecule has 0 saturated heterocycles. The molecule has 4 rings (SSSR count). The number of fused-ring (bicyclic) bond motifs is 1. The summed E-state index contributed by atoms with van der Waals surface area (Å²) in [4.78, 5) is 12.1. The maximum Gasteiger partial charge on any atom is 0.238 e. The van der Waals surface area contributed by atoms with E-state index in [1.165, 1.54) is 18.6 Å². The third kappa shape index (κ3) is 3.28. The number of sulfonamides is 1. The molecule has 0 amide bonds. The van der Waals surface area contributed by atoms with Crippen molar-refractivity contribution >= 4 is 38.5 Å². The van der Waals surface area contributed by atoms with Gasteiger partial charge in [0, 0.05) is 17.9 Å². The van der Waals surface area contributed by atoms with E-state index in [0.29, 0.717) is 23.3 Å². The van der Waals surface area contributed by atoms with Crippen molar-refractivity contribution in [3.63, 3.8) is 0 Å². The Balaban J connectivity index is 1.67. The summed E-state index contributed by atoms with van der Waals surface area (Å²) in [5.41, 5.74) is 1.26. The number of nitrogens with two attached hydrogens (primary N) is 1. The zero-order chi connectivity index (χ0) is 17.4. The van der Waals surface area contributed by atoms with Crippen molar-refractivity contribution in [2.24, 2.45) is 5.14 Å². The van der Waals surface area contributed by atoms with E-state index in [1.807, 2.05) is 12.3 Å². The normalized spacial score (nSPS) is 15.1. The van der Waals surface area contributed by atoms with Crippen molar-refractivity contribution in [3.05, 3.63) is 36.5 Å². The summed E-state index contributed by atoms with van der Waals surface area (Å²) in [6.45, 7) is 0. The predicted octanol–water partition coefficient (Wildman–Crippen LogP) is 2.31. The van der Waals surface area contributed by atoms with E-state index in [1.54, 1.807) is 12.1 Å². The number of aromatic nitrogens is 3. The minimum absolute atomic E-state index is 0.0336. The number of hydrogen-bond acceptors (Lipinski definition) is 6. The minimum Gasteiger partial charge on any atom is -0.367 e. The Hall–Kier alpha value is -2.65. The van der Waals surface area contributed by atoms with Gasteiger partial charge in [-0.1, -0.05) is 6.07 Å². The van der Waals surface area contributed by atoms with Gasteiger partial charge in [-0.05, 0) is 43.5 Å². The van der Waals surface area contributed by atoms with Gasteiger partial charge in [0.15, 0.2) is 0 Å². The van der Waals surface area contributed by atoms with Crippen LogP contribution in [0.5, 0.6) is 0 Å². The molecular formula is C16H18N6O2S. The number of aromatic amines is 1. The zero-order valence-electron chi connectivity index (χ0n) is 13.4. The van der Waals surface area contributed by atoms with E-state index < -0.39 is 10.0 Å². The maximum absolute atomic E-state index is 11.5. The second-order valence-corrected chi connectivity index (χ2v) is 7.67. The first kappa shape index (κ1) is 15.9. The second kappa shape index (κ2) is 6.01. The number of nitrogens with zero attached hydrogens (tertiary/aromatic N) is 2. The second-order valence-electron chi connectivity index (χ2n) is 6.11. The lowest BCUT2D eigenvalue weighted by molar-refractivity contribution is 0.445. The first-order valence-electron chi connectivity index (χ1n) is 8.00. The van der Waals surface area contributed by atoms with Gasteiger partial charge < -0.3 is 15.6 Å². The molecule has 2 aromatic heterocycles. The molecule has 1 fully saturated rings. The van der Waals surface area contributed by atoms with Crippen molar-refractivity contribution in [2.45, 2.75) is 30.2 Å². The van der Waals surface area contributed by atoms with E-state index >= 15 is 0 Å². The first-order chi connectivity index (χ1) is 12.0. The summed E-state index contributed by atoms with van der Waals surface area (Å²) < 4.78 is 23.0. The van der Waals surface area contributed by atoms with Gasteiger partial charge in [-0.15, -0.1) is 0 Å². The fourth-order valence-electron chi connectivity index (χ4n) is 2.73. The molecule has 25 heavy (non-hydrogen) atoms. The third-order valence-corrected chi connectivity index (χ3v) is 5.19. The van der Waals surface area contributed by atoms with Crippen LogP contribution in [-0.2, 0) is 10.0 Å². The Morgan fingerprint density at radius 3 is 2.76 bits per heavy atom. The number of primary sulfonamides is 1. The molecule has 8 nitrogen and oxygen atoms in total. The molecule has 1 saturated carbocycles. The molecule has 0 spiro atoms. The Bertz CT molecular complexity index is 1030. The topological polar surface area (TPSA) is 126 Å². The molecular weight excluding hydrogens is 340 g/mol. The number of benzene rings is 1. The highest BCUT2D eigenvalue weighted by atomic mass is 32.2. The number of rotatable bonds is 5. The largest absolute Gasteiger partial charge is 0.367 e. The van der Waals surface area contributed by atoms with Crippen LogP contribution in [0.1, 0.15) is 19.3 Å². The van der Waals surface area contributed by atoms with Gasteiger partial charge in [-0.25, -0.2) is 13.6 Å². The van der Waals surface area contributed by atoms with Gasteiger partial charge in [0.1, 0.15) is 11.5 Å². The molecule has 1 aliphatic carbocycles. The van der Waals surface area contributed by atoms with Crippen molar-refractivity contribution in [1.82, 2.24) is 15.0 Å². The molecule has 3 aromatic rings. The van der Waals surface area contributed by atoms with E-state index in [2.05, 4.69) is 25.6 Å². The zero-order valence-corrected chi connectivity index (χ0v) is 14.2. The van der Waals surface area contributed by atoms with E-state index in [4.69, 9.17) is 5.14 Å². The summed E-state index contributed by atoms with van der Waals surface area (Å²) >= 11 is 0. The van der Waals surface area contributed by atoms with E-state index in [0.717, 1.165) is 24.0 Å². The van der Waals surface area contributed by atoms with Crippen LogP contribution in [-0.4, -0.2) is 29.4 Å². The number of nitrogens with one attached hydrogen (secondary N) is 3. The predicted molar refractivity (Wildman–Crippen MR) is 96.2 cm³/mol. The van der Waals surface area contributed by atoms with Crippen LogP contribution < -0.4 is 15.8 Å². The van der Waals surface area contributed by atoms with Gasteiger partial charge in [-0.2, -0.15) is 9.97 Å². The minimum atomic E-state index is -3.76. The number of anilines is 3. The van der Waals surface area contributed by atoms with Crippen molar-refractivity contribution in [3.8, 4) is 0 Å². The lowest BCUT2D eigenvalue weighted by Crippen LogP contribution is -2.27. The highest BCUT2D eigenvalue weighted by molar-refractivity contribution is 7.89. The van der Waals surface area contributed by atoms with E-state index in [-0.39, 0.29) is 4.90 Å². The van der Waals surface area contributed by atoms with Crippen molar-refractivity contribution in [2.75, 3.05) is 10.6 Å². The fourth-order valence-corrected chi connectivity index (χ4v) is 3.29. The molecule has 0 unspecified atom stereocenters. The molecule has 0 radical (unpaired) electrons. The maximum atomic E-state index is 11.5. The van der Waals surface area contributed by atoms with Crippen LogP contribution in [0.4, 0.5) is 17.5 Å². The van der Waals surface area contributed by atoms with Crippen molar-refractivity contribution < 1.29 is 8.42 Å². The summed E-state index contributed by atoms with van der Waals surface area (Å²) in [7, 11) is -3.76. The molecule has 1 aliphatic rings. The van der Waals surface area contributed by atoms with Gasteiger partial charge in [0.05, 0.1) is 10.3 Å². The smallest absolute Gasteiger partial charge is 0.238 e. The van der Waals surface area contributed by atoms with Crippen LogP contribution in [0, 0.1) is 0 Å². The quantitative estimate of drug-likeness (QED) is 0.554. The average molecular weight is 358 g/mol. The van der Waals surface area contributed by atoms with Crippen LogP contribution in [0.2, 0.25) is 0 Å². The molecule has 0 bridgehead atoms. The summed E-state index contributed by atoms with van der Waals surface area (Å²) in [5, 5.41) is 12.6. The van der Waals surface area contributed by atoms with Gasteiger partial charge in [0.25, 0.3) is 0 Å². The molecule has 9 heteroatoms. The Morgan fingerprint density at radius 1 is 1.20 bits per heavy atom. The Labute approximate surface area is 144 Å². The molecule has 5 N–H and O–H groups in total. The fraction of sp³-hybridized carbons (Fsp3) is 0.250. The number of H-pyrrole nitrogens is 1. The van der Waals surface area contributed by atoms with Crippen LogP contribution in [0.15, 0.2) is 41.4 Å². The highest BCUT2D eigenvalue weighted by Gasteiger charge is 2.19. The summed E-state index contributed by atoms with van der Waals surface area (Å²) in [6.07, 6.45) is 5.31. The first-order valence-corrected chi connectivity index (χ1v) is 9.55. The van der Waals surface area contributed by atoms with E-state index in [9.17, 15) is 8.42 Å². The molecule has 2 heterocycles. The third-order valence-electron chi connectivity index (χ3n) is 4.28. The number of hydrogen-bond donors (Lipinski definition) is 4. The molecule has 0 aliphatic heterocycles. The Kier molecular flexibility index (Phi) is 3.81. The van der Waals surface area contributed by atoms with Crippen LogP contribution in [0.25, 0.3) is 11.0 Å². The monoisotopic (exact) mass is 358 g/mol. The summed E-state index contributed by atoms with van der Waals surface area (Å²) in [6, 6.07) is 8.61. The van der Waals surface area contributed by atoms with Gasteiger partial charge in [-0.3, -0.25) is 0 Å². The standard InChI is InChI=1S/C16H18N6O2S/c17-25(23,24)12-6-2-5-11(9-12)20-16-21-14-13(7-8-18-14)15(22-16)19-10-3-1-4-10/h2,5-10H,1,3-4H2,(H2,17,23,24)(H3,18,19,20,21,22). The molecule has 130 valence electrons. The SMILES string of the molecule is NS(=O)(=O)c1cccc(Nc2nc(NC3CCC3)c3cc[nH]c3n2)c1. The molecule has 1 aromatic carbocycles. The van der Waals surface area contributed by atoms with Crippen LogP contribution >= 0.6 is 0 Å². The highest BCUT2D eigenvalue weighted by Crippen LogP contribution is 2.28. The summed E-state index contributed by atoms with van der Waals surface area (Å²) in [5.74, 6) is 1.14. The van der Waals surface area contributed by atoms with Crippen LogP contribution in [0.3, 0.4) is 0 Å². The van der Waals surface area contributed by atoms with Gasteiger partial charge >= 0.3 is 0 Å². The Morgan fingerprint density at radius 2 is 2.04 bits per heavy atom. The van der Waals surface area contributed by atoms with Crippen molar-refractivity contribution in [1.29, 1.82) is 0 Å². The molecule has 0 atom stereocenters. The lowest BCUT2D eigenvalue weighted by atomic mass is 9.93.